The van der Waals surface area contributed by atoms with E-state index in [1.54, 1.807) is 0 Å². The van der Waals surface area contributed by atoms with Gasteiger partial charge in [-0.2, -0.15) is 0 Å². The number of hydrogen-bond donors (Lipinski definition) is 5. The molecule has 132 valence electrons. The van der Waals surface area contributed by atoms with Crippen LogP contribution < -0.4 is 11.2 Å². The van der Waals surface area contributed by atoms with Crippen molar-refractivity contribution in [3.63, 3.8) is 0 Å². The number of aliphatic hydroxyl groups is 2. The molecule has 1 fully saturated rings. The zero-order valence-corrected chi connectivity index (χ0v) is 12.2. The van der Waals surface area contributed by atoms with Crippen LogP contribution in [0.4, 0.5) is 0 Å². The lowest BCUT2D eigenvalue weighted by molar-refractivity contribution is -0.150. The van der Waals surface area contributed by atoms with Crippen LogP contribution in [0.25, 0.3) is 0 Å². The number of H-pyrrole nitrogens is 1. The molecule has 2 heterocycles. The van der Waals surface area contributed by atoms with Crippen LogP contribution in [0.1, 0.15) is 19.1 Å². The van der Waals surface area contributed by atoms with E-state index in [2.05, 4.69) is 0 Å². The van der Waals surface area contributed by atoms with Gasteiger partial charge in [-0.25, -0.2) is 4.79 Å². The molecule has 1 saturated heterocycles. The highest BCUT2D eigenvalue weighted by molar-refractivity contribution is 5.77. The minimum atomic E-state index is -1.56. The summed E-state index contributed by atoms with van der Waals surface area (Å²) in [5.41, 5.74) is -1.53. The summed E-state index contributed by atoms with van der Waals surface area (Å²) in [4.78, 5) is 46.5. The summed E-state index contributed by atoms with van der Waals surface area (Å²) in [6.07, 6.45) is -5.59. The highest BCUT2D eigenvalue weighted by Crippen LogP contribution is 2.32. The summed E-state index contributed by atoms with van der Waals surface area (Å²) in [5, 5.41) is 37.8. The fourth-order valence-corrected chi connectivity index (χ4v) is 2.54. The Hall–Kier alpha value is -2.50. The maximum atomic E-state index is 11.7. The van der Waals surface area contributed by atoms with Crippen LogP contribution in [0.15, 0.2) is 21.9 Å². The molecule has 1 aliphatic rings. The molecule has 2 rings (SSSR count). The normalized spacial score (nSPS) is 27.8. The molecule has 0 amide bonds. The molecule has 0 radical (unpaired) electrons. The Morgan fingerprint density at radius 3 is 2.46 bits per heavy atom. The van der Waals surface area contributed by atoms with Crippen LogP contribution in [0.3, 0.4) is 0 Å². The SMILES string of the molecule is O=C(O)CC(C[C@H]1O[C@@H](n2ccc(=O)[nH]c2=O)[C@H](O)[C@@H]1O)C(=O)O. The van der Waals surface area contributed by atoms with Gasteiger partial charge in [0.25, 0.3) is 5.56 Å². The number of aliphatic hydroxyl groups excluding tert-OH is 2. The first kappa shape index (κ1) is 17.8. The van der Waals surface area contributed by atoms with Gasteiger partial charge in [-0.15, -0.1) is 0 Å². The van der Waals surface area contributed by atoms with Gasteiger partial charge in [0.2, 0.25) is 0 Å². The van der Waals surface area contributed by atoms with E-state index < -0.39 is 60.1 Å². The highest BCUT2D eigenvalue weighted by Gasteiger charge is 2.45. The lowest BCUT2D eigenvalue weighted by Gasteiger charge is -2.18. The number of ether oxygens (including phenoxy) is 1. The van der Waals surface area contributed by atoms with Crippen molar-refractivity contribution in [3.05, 3.63) is 33.1 Å². The predicted molar refractivity (Wildman–Crippen MR) is 75.2 cm³/mol. The smallest absolute Gasteiger partial charge is 0.330 e. The molecule has 0 aliphatic carbocycles. The van der Waals surface area contributed by atoms with E-state index in [1.165, 1.54) is 0 Å². The monoisotopic (exact) mass is 344 g/mol. The number of carboxylic acid groups (broad SMARTS) is 2. The molecule has 24 heavy (non-hydrogen) atoms. The molecule has 1 aliphatic heterocycles. The number of nitrogens with zero attached hydrogens (tertiary/aromatic N) is 1. The van der Waals surface area contributed by atoms with Gasteiger partial charge in [0, 0.05) is 12.3 Å². The highest BCUT2D eigenvalue weighted by atomic mass is 16.6. The first-order valence-corrected chi connectivity index (χ1v) is 6.98. The number of carbonyl (C=O) groups is 2. The predicted octanol–water partition coefficient (Wildman–Crippen LogP) is -2.28. The number of aromatic nitrogens is 2. The molecule has 5 N–H and O–H groups in total. The molecule has 0 spiro atoms. The van der Waals surface area contributed by atoms with Gasteiger partial charge >= 0.3 is 17.6 Å². The van der Waals surface area contributed by atoms with Gasteiger partial charge < -0.3 is 25.2 Å². The van der Waals surface area contributed by atoms with Gasteiger partial charge in [0.05, 0.1) is 18.4 Å². The maximum Gasteiger partial charge on any atom is 0.330 e. The van der Waals surface area contributed by atoms with E-state index in [9.17, 15) is 29.4 Å². The lowest BCUT2D eigenvalue weighted by atomic mass is 9.95. The number of hydrogen-bond acceptors (Lipinski definition) is 7. The Bertz CT molecular complexity index is 739. The second-order valence-corrected chi connectivity index (χ2v) is 5.43. The van der Waals surface area contributed by atoms with Crippen molar-refractivity contribution in [1.29, 1.82) is 0 Å². The minimum absolute atomic E-state index is 0.367. The molecule has 1 unspecified atom stereocenters. The molecule has 1 aromatic rings. The Labute approximate surface area is 133 Å². The molecule has 5 atom stereocenters. The summed E-state index contributed by atoms with van der Waals surface area (Å²) >= 11 is 0. The molecule has 0 bridgehead atoms. The molecule has 0 aromatic carbocycles. The first-order valence-electron chi connectivity index (χ1n) is 6.98. The van der Waals surface area contributed by atoms with Crippen LogP contribution in [0.2, 0.25) is 0 Å². The number of aliphatic carboxylic acids is 2. The quantitative estimate of drug-likeness (QED) is 0.380. The molecule has 11 heteroatoms. The molecule has 0 saturated carbocycles. The second-order valence-electron chi connectivity index (χ2n) is 5.43. The topological polar surface area (TPSA) is 179 Å². The lowest BCUT2D eigenvalue weighted by Crippen LogP contribution is -2.37. The van der Waals surface area contributed by atoms with Crippen LogP contribution in [0, 0.1) is 5.92 Å². The van der Waals surface area contributed by atoms with E-state index in [0.717, 1.165) is 16.8 Å². The van der Waals surface area contributed by atoms with Crippen LogP contribution in [0.5, 0.6) is 0 Å². The van der Waals surface area contributed by atoms with Crippen LogP contribution >= 0.6 is 0 Å². The Morgan fingerprint density at radius 2 is 1.92 bits per heavy atom. The van der Waals surface area contributed by atoms with Crippen molar-refractivity contribution in [2.75, 3.05) is 0 Å². The standard InChI is InChI=1S/C13H16N2O9/c16-7-1-2-15(13(23)14-7)11-10(20)9(19)6(24-11)3-5(12(21)22)4-8(17)18/h1-2,5-6,9-11,19-20H,3-4H2,(H,17,18)(H,21,22)(H,14,16,23)/t5?,6-,9-,10-,11-/m1/s1. The van der Waals surface area contributed by atoms with E-state index in [0.29, 0.717) is 0 Å². The average Bonchev–Trinajstić information content (AvgIpc) is 2.74. The van der Waals surface area contributed by atoms with Crippen molar-refractivity contribution in [3.8, 4) is 0 Å². The second kappa shape index (κ2) is 6.95. The number of carboxylic acids is 2. The molecule has 1 aromatic heterocycles. The molecular formula is C13H16N2O9. The van der Waals surface area contributed by atoms with Gasteiger partial charge in [0.15, 0.2) is 6.23 Å². The van der Waals surface area contributed by atoms with E-state index >= 15 is 0 Å². The Kier molecular flexibility index (Phi) is 5.17. The molecular weight excluding hydrogens is 328 g/mol. The number of nitrogens with one attached hydrogen (secondary N) is 1. The average molecular weight is 344 g/mol. The summed E-state index contributed by atoms with van der Waals surface area (Å²) < 4.78 is 6.19. The van der Waals surface area contributed by atoms with Gasteiger partial charge in [-0.05, 0) is 6.42 Å². The third-order valence-electron chi connectivity index (χ3n) is 3.75. The third kappa shape index (κ3) is 3.69. The van der Waals surface area contributed by atoms with E-state index in [4.69, 9.17) is 14.9 Å². The largest absolute Gasteiger partial charge is 0.481 e. The number of rotatable bonds is 6. The van der Waals surface area contributed by atoms with E-state index in [-0.39, 0.29) is 6.42 Å². The van der Waals surface area contributed by atoms with Gasteiger partial charge in [0.1, 0.15) is 12.2 Å². The maximum absolute atomic E-state index is 11.7. The van der Waals surface area contributed by atoms with Gasteiger partial charge in [-0.1, -0.05) is 0 Å². The van der Waals surface area contributed by atoms with Crippen molar-refractivity contribution < 1.29 is 34.8 Å². The summed E-state index contributed by atoms with van der Waals surface area (Å²) in [5.74, 6) is -4.04. The summed E-state index contributed by atoms with van der Waals surface area (Å²) in [7, 11) is 0. The van der Waals surface area contributed by atoms with E-state index in [1.807, 2.05) is 4.98 Å². The van der Waals surface area contributed by atoms with Crippen molar-refractivity contribution in [1.82, 2.24) is 9.55 Å². The summed E-state index contributed by atoms with van der Waals surface area (Å²) in [6.45, 7) is 0. The minimum Gasteiger partial charge on any atom is -0.481 e. The van der Waals surface area contributed by atoms with Crippen molar-refractivity contribution in [2.45, 2.75) is 37.4 Å². The first-order chi connectivity index (χ1) is 11.2. The van der Waals surface area contributed by atoms with Crippen molar-refractivity contribution in [2.24, 2.45) is 5.92 Å². The zero-order chi connectivity index (χ0) is 18.0. The fraction of sp³-hybridized carbons (Fsp3) is 0.538. The third-order valence-corrected chi connectivity index (χ3v) is 3.75. The summed E-state index contributed by atoms with van der Waals surface area (Å²) in [6, 6.07) is 1.02. The zero-order valence-electron chi connectivity index (χ0n) is 12.2. The van der Waals surface area contributed by atoms with Gasteiger partial charge in [-0.3, -0.25) is 23.9 Å². The van der Waals surface area contributed by atoms with Crippen LogP contribution in [-0.4, -0.2) is 60.2 Å². The Balaban J connectivity index is 2.20. The fourth-order valence-electron chi connectivity index (χ4n) is 2.54. The Morgan fingerprint density at radius 1 is 1.25 bits per heavy atom. The van der Waals surface area contributed by atoms with Crippen molar-refractivity contribution >= 4 is 11.9 Å². The molecule has 11 nitrogen and oxygen atoms in total. The number of aromatic amines is 1. The van der Waals surface area contributed by atoms with Crippen LogP contribution in [-0.2, 0) is 14.3 Å².